The molecule has 2 aromatic carbocycles. The van der Waals surface area contributed by atoms with Crippen molar-refractivity contribution in [3.05, 3.63) is 69.8 Å². The second-order valence-corrected chi connectivity index (χ2v) is 5.74. The van der Waals surface area contributed by atoms with E-state index in [2.05, 4.69) is 10.3 Å². The minimum Gasteiger partial charge on any atom is -0.392 e. The van der Waals surface area contributed by atoms with Crippen molar-refractivity contribution in [3.8, 4) is 0 Å². The summed E-state index contributed by atoms with van der Waals surface area (Å²) >= 11 is 12.1. The third-order valence-electron chi connectivity index (χ3n) is 3.39. The van der Waals surface area contributed by atoms with Crippen LogP contribution in [0.5, 0.6) is 0 Å². The van der Waals surface area contributed by atoms with Crippen molar-refractivity contribution in [2.75, 3.05) is 5.32 Å². The molecule has 116 valence electrons. The zero-order valence-electron chi connectivity index (χ0n) is 11.9. The number of amides is 1. The summed E-state index contributed by atoms with van der Waals surface area (Å²) in [6, 6.07) is 12.1. The van der Waals surface area contributed by atoms with E-state index in [0.29, 0.717) is 16.8 Å². The predicted molar refractivity (Wildman–Crippen MR) is 92.1 cm³/mol. The van der Waals surface area contributed by atoms with Crippen LogP contribution in [-0.2, 0) is 6.61 Å². The number of aromatic nitrogens is 1. The summed E-state index contributed by atoms with van der Waals surface area (Å²) in [6.07, 6.45) is 1.57. The van der Waals surface area contributed by atoms with Gasteiger partial charge in [0.05, 0.1) is 33.4 Å². The first kappa shape index (κ1) is 15.7. The van der Waals surface area contributed by atoms with Gasteiger partial charge in [-0.25, -0.2) is 0 Å². The van der Waals surface area contributed by atoms with Crippen molar-refractivity contribution in [3.63, 3.8) is 0 Å². The van der Waals surface area contributed by atoms with Gasteiger partial charge in [-0.1, -0.05) is 41.4 Å². The maximum Gasteiger partial charge on any atom is 0.258 e. The number of benzene rings is 2. The third-order valence-corrected chi connectivity index (χ3v) is 4.02. The number of pyridine rings is 1. The van der Waals surface area contributed by atoms with Crippen LogP contribution in [0.4, 0.5) is 5.69 Å². The van der Waals surface area contributed by atoms with Crippen LogP contribution in [0.2, 0.25) is 10.0 Å². The van der Waals surface area contributed by atoms with Gasteiger partial charge >= 0.3 is 0 Å². The summed E-state index contributed by atoms with van der Waals surface area (Å²) in [5.41, 5.74) is 2.10. The first-order valence-corrected chi connectivity index (χ1v) is 7.59. The summed E-state index contributed by atoms with van der Waals surface area (Å²) in [5.74, 6) is -0.402. The summed E-state index contributed by atoms with van der Waals surface area (Å²) in [7, 11) is 0. The van der Waals surface area contributed by atoms with E-state index in [0.717, 1.165) is 5.39 Å². The van der Waals surface area contributed by atoms with Gasteiger partial charge in [-0.3, -0.25) is 9.78 Å². The van der Waals surface area contributed by atoms with Gasteiger partial charge in [0.1, 0.15) is 0 Å². The maximum absolute atomic E-state index is 12.5. The fourth-order valence-corrected chi connectivity index (χ4v) is 2.86. The number of nitrogens with one attached hydrogen (secondary N) is 1. The average molecular weight is 347 g/mol. The Labute approximate surface area is 142 Å². The van der Waals surface area contributed by atoms with Crippen molar-refractivity contribution >= 4 is 45.7 Å². The monoisotopic (exact) mass is 346 g/mol. The van der Waals surface area contributed by atoms with Gasteiger partial charge in [0, 0.05) is 11.6 Å². The molecule has 0 spiro atoms. The standard InChI is InChI=1S/C17H12Cl2N2O2/c18-12-4-2-5-13(19)15(12)17(23)21-14-6-1-3-11-7-10(9-22)8-20-16(11)14/h1-8,22H,9H2,(H,21,23). The highest BCUT2D eigenvalue weighted by molar-refractivity contribution is 6.40. The van der Waals surface area contributed by atoms with Crippen LogP contribution in [0.3, 0.4) is 0 Å². The molecule has 4 nitrogen and oxygen atoms in total. The zero-order chi connectivity index (χ0) is 16.4. The maximum atomic E-state index is 12.5. The number of para-hydroxylation sites is 1. The molecule has 23 heavy (non-hydrogen) atoms. The molecule has 1 heterocycles. The number of nitrogens with zero attached hydrogens (tertiary/aromatic N) is 1. The summed E-state index contributed by atoms with van der Waals surface area (Å²) < 4.78 is 0. The van der Waals surface area contributed by atoms with E-state index in [1.165, 1.54) is 0 Å². The van der Waals surface area contributed by atoms with E-state index in [9.17, 15) is 9.90 Å². The zero-order valence-corrected chi connectivity index (χ0v) is 13.4. The van der Waals surface area contributed by atoms with E-state index in [1.54, 1.807) is 36.5 Å². The first-order valence-electron chi connectivity index (χ1n) is 6.84. The molecule has 0 saturated heterocycles. The number of halogens is 2. The van der Waals surface area contributed by atoms with Crippen LogP contribution >= 0.6 is 23.2 Å². The lowest BCUT2D eigenvalue weighted by atomic mass is 10.1. The first-order chi connectivity index (χ1) is 11.1. The number of hydrogen-bond acceptors (Lipinski definition) is 3. The molecule has 0 radical (unpaired) electrons. The van der Waals surface area contributed by atoms with Crippen LogP contribution in [0, 0.1) is 0 Å². The number of rotatable bonds is 3. The predicted octanol–water partition coefficient (Wildman–Crippen LogP) is 4.29. The minimum absolute atomic E-state index is 0.0885. The summed E-state index contributed by atoms with van der Waals surface area (Å²) in [4.78, 5) is 16.8. The second kappa shape index (κ2) is 6.54. The van der Waals surface area contributed by atoms with Gasteiger partial charge in [-0.15, -0.1) is 0 Å². The average Bonchev–Trinajstić information content (AvgIpc) is 2.54. The van der Waals surface area contributed by atoms with E-state index >= 15 is 0 Å². The number of hydrogen-bond donors (Lipinski definition) is 2. The SMILES string of the molecule is O=C(Nc1cccc2cc(CO)cnc12)c1c(Cl)cccc1Cl. The molecule has 0 bridgehead atoms. The van der Waals surface area contributed by atoms with Crippen molar-refractivity contribution < 1.29 is 9.90 Å². The Morgan fingerprint density at radius 1 is 1.13 bits per heavy atom. The number of carbonyl (C=O) groups excluding carboxylic acids is 1. The van der Waals surface area contributed by atoms with Gasteiger partial charge in [0.25, 0.3) is 5.91 Å². The van der Waals surface area contributed by atoms with Crippen molar-refractivity contribution in [2.24, 2.45) is 0 Å². The Hall–Kier alpha value is -2.14. The molecule has 0 aliphatic rings. The normalized spacial score (nSPS) is 10.7. The molecule has 0 saturated carbocycles. The van der Waals surface area contributed by atoms with Crippen LogP contribution in [0.15, 0.2) is 48.7 Å². The number of anilines is 1. The molecular formula is C17H12Cl2N2O2. The number of aliphatic hydroxyl groups is 1. The Morgan fingerprint density at radius 2 is 1.83 bits per heavy atom. The largest absolute Gasteiger partial charge is 0.392 e. The van der Waals surface area contributed by atoms with Crippen LogP contribution in [0.25, 0.3) is 10.9 Å². The fraction of sp³-hybridized carbons (Fsp3) is 0.0588. The molecule has 1 amide bonds. The second-order valence-electron chi connectivity index (χ2n) is 4.93. The number of aliphatic hydroxyl groups excluding tert-OH is 1. The Morgan fingerprint density at radius 3 is 2.52 bits per heavy atom. The lowest BCUT2D eigenvalue weighted by Crippen LogP contribution is -2.13. The molecule has 2 N–H and O–H groups in total. The van der Waals surface area contributed by atoms with Gasteiger partial charge in [0.15, 0.2) is 0 Å². The topological polar surface area (TPSA) is 62.2 Å². The molecule has 3 aromatic rings. The lowest BCUT2D eigenvalue weighted by Gasteiger charge is -2.10. The molecule has 1 aromatic heterocycles. The molecule has 0 atom stereocenters. The van der Waals surface area contributed by atoms with Gasteiger partial charge in [0.2, 0.25) is 0 Å². The Balaban J connectivity index is 2.00. The highest BCUT2D eigenvalue weighted by atomic mass is 35.5. The molecule has 6 heteroatoms. The molecule has 3 rings (SSSR count). The molecule has 0 unspecified atom stereocenters. The van der Waals surface area contributed by atoms with E-state index < -0.39 is 5.91 Å². The number of fused-ring (bicyclic) bond motifs is 1. The lowest BCUT2D eigenvalue weighted by molar-refractivity contribution is 0.102. The molecule has 0 aliphatic carbocycles. The minimum atomic E-state index is -0.402. The van der Waals surface area contributed by atoms with E-state index in [-0.39, 0.29) is 22.2 Å². The Kier molecular flexibility index (Phi) is 4.48. The van der Waals surface area contributed by atoms with Gasteiger partial charge in [-0.05, 0) is 29.8 Å². The molecule has 0 fully saturated rings. The van der Waals surface area contributed by atoms with Crippen LogP contribution in [0.1, 0.15) is 15.9 Å². The fourth-order valence-electron chi connectivity index (χ4n) is 2.29. The van der Waals surface area contributed by atoms with Gasteiger partial charge < -0.3 is 10.4 Å². The van der Waals surface area contributed by atoms with Crippen LogP contribution in [-0.4, -0.2) is 16.0 Å². The van der Waals surface area contributed by atoms with Gasteiger partial charge in [-0.2, -0.15) is 0 Å². The third kappa shape index (κ3) is 3.15. The van der Waals surface area contributed by atoms with Crippen molar-refractivity contribution in [1.82, 2.24) is 4.98 Å². The molecule has 0 aliphatic heterocycles. The summed E-state index contributed by atoms with van der Waals surface area (Å²) in [5, 5.41) is 13.4. The molecular weight excluding hydrogens is 335 g/mol. The highest BCUT2D eigenvalue weighted by Gasteiger charge is 2.16. The number of carbonyl (C=O) groups is 1. The van der Waals surface area contributed by atoms with Crippen LogP contribution < -0.4 is 5.32 Å². The van der Waals surface area contributed by atoms with E-state index in [1.807, 2.05) is 12.1 Å². The highest BCUT2D eigenvalue weighted by Crippen LogP contribution is 2.27. The van der Waals surface area contributed by atoms with Crippen molar-refractivity contribution in [1.29, 1.82) is 0 Å². The quantitative estimate of drug-likeness (QED) is 0.743. The summed E-state index contributed by atoms with van der Waals surface area (Å²) in [6.45, 7) is -0.0885. The van der Waals surface area contributed by atoms with Crippen molar-refractivity contribution in [2.45, 2.75) is 6.61 Å². The smallest absolute Gasteiger partial charge is 0.258 e. The van der Waals surface area contributed by atoms with E-state index in [4.69, 9.17) is 23.2 Å². The Bertz CT molecular complexity index is 877.